The van der Waals surface area contributed by atoms with E-state index in [2.05, 4.69) is 9.97 Å². The number of halogens is 3. The summed E-state index contributed by atoms with van der Waals surface area (Å²) >= 11 is 5.91. The molecule has 31 heavy (non-hydrogen) atoms. The smallest absolute Gasteiger partial charge is 0.265 e. The number of hydrogen-bond acceptors (Lipinski definition) is 5. The summed E-state index contributed by atoms with van der Waals surface area (Å²) < 4.78 is 62.2. The molecule has 3 aromatic heterocycles. The Hall–Kier alpha value is -3.24. The first-order valence-corrected chi connectivity index (χ1v) is 10.7. The van der Waals surface area contributed by atoms with Crippen molar-refractivity contribution in [3.8, 4) is 0 Å². The summed E-state index contributed by atoms with van der Waals surface area (Å²) in [5.74, 6) is -3.05. The Labute approximate surface area is 180 Å². The molecule has 0 fully saturated rings. The molecular weight excluding hydrogens is 452 g/mol. The second kappa shape index (κ2) is 7.47. The van der Waals surface area contributed by atoms with Crippen LogP contribution in [0.3, 0.4) is 0 Å². The normalized spacial score (nSPS) is 11.8. The number of H-pyrrole nitrogens is 1. The summed E-state index contributed by atoms with van der Waals surface area (Å²) in [5.41, 5.74) is -1.26. The number of nitrogens with one attached hydrogen (secondary N) is 2. The second-order valence-corrected chi connectivity index (χ2v) is 8.84. The van der Waals surface area contributed by atoms with Crippen LogP contribution in [0.2, 0.25) is 5.02 Å². The summed E-state index contributed by atoms with van der Waals surface area (Å²) in [6.07, 6.45) is 2.61. The van der Waals surface area contributed by atoms with Gasteiger partial charge in [-0.2, -0.15) is 0 Å². The third-order valence-electron chi connectivity index (χ3n) is 4.59. The van der Waals surface area contributed by atoms with Crippen LogP contribution in [0.15, 0.2) is 46.0 Å². The second-order valence-electron chi connectivity index (χ2n) is 6.75. The molecule has 0 spiro atoms. The molecule has 0 aliphatic rings. The van der Waals surface area contributed by atoms with Gasteiger partial charge in [0.15, 0.2) is 5.82 Å². The number of nitrogens with zero attached hydrogens (tertiary/aromatic N) is 1. The van der Waals surface area contributed by atoms with Gasteiger partial charge in [0.05, 0.1) is 16.3 Å². The van der Waals surface area contributed by atoms with Crippen molar-refractivity contribution in [2.45, 2.75) is 18.7 Å². The molecule has 4 aromatic rings. The molecule has 160 valence electrons. The standard InChI is InChI=1S/C20H14ClF2N3O4S/c1-9-5-16(10(2)30-9)31(28,29)26-15-4-3-14(22)17(18(15)23)19(27)13-8-25-20-12(13)6-11(21)7-24-20/h3-8,26H,1-2H3,(H,24,25). The summed E-state index contributed by atoms with van der Waals surface area (Å²) in [6, 6.07) is 4.41. The maximum atomic E-state index is 15.1. The number of carbonyl (C=O) groups is 1. The van der Waals surface area contributed by atoms with Gasteiger partial charge >= 0.3 is 0 Å². The van der Waals surface area contributed by atoms with Gasteiger partial charge in [-0.25, -0.2) is 22.2 Å². The van der Waals surface area contributed by atoms with Crippen LogP contribution in [0.1, 0.15) is 27.4 Å². The van der Waals surface area contributed by atoms with E-state index in [0.717, 1.165) is 12.1 Å². The SMILES string of the molecule is Cc1cc(S(=O)(=O)Nc2ccc(F)c(C(=O)c3c[nH]c4ncc(Cl)cc34)c2F)c(C)o1. The molecular formula is C20H14ClF2N3O4S. The van der Waals surface area contributed by atoms with Crippen molar-refractivity contribution >= 4 is 44.1 Å². The fourth-order valence-electron chi connectivity index (χ4n) is 3.21. The van der Waals surface area contributed by atoms with Gasteiger partial charge in [-0.15, -0.1) is 0 Å². The van der Waals surface area contributed by atoms with E-state index in [-0.39, 0.29) is 26.6 Å². The summed E-state index contributed by atoms with van der Waals surface area (Å²) in [4.78, 5) is 19.5. The van der Waals surface area contributed by atoms with E-state index in [1.165, 1.54) is 31.5 Å². The predicted octanol–water partition coefficient (Wildman–Crippen LogP) is 4.74. The zero-order chi connectivity index (χ0) is 22.5. The highest BCUT2D eigenvalue weighted by molar-refractivity contribution is 7.92. The number of aryl methyl sites for hydroxylation is 2. The molecule has 7 nitrogen and oxygen atoms in total. The number of fused-ring (bicyclic) bond motifs is 1. The minimum Gasteiger partial charge on any atom is -0.465 e. The van der Waals surface area contributed by atoms with E-state index in [0.29, 0.717) is 11.4 Å². The van der Waals surface area contributed by atoms with E-state index in [4.69, 9.17) is 16.0 Å². The average molecular weight is 466 g/mol. The van der Waals surface area contributed by atoms with Crippen molar-refractivity contribution in [3.05, 3.63) is 76.0 Å². The molecule has 0 radical (unpaired) electrons. The third-order valence-corrected chi connectivity index (χ3v) is 6.27. The topological polar surface area (TPSA) is 105 Å². The Kier molecular flexibility index (Phi) is 5.06. The van der Waals surface area contributed by atoms with Crippen LogP contribution in [-0.2, 0) is 10.0 Å². The van der Waals surface area contributed by atoms with Gasteiger partial charge in [0.25, 0.3) is 10.0 Å². The number of ketones is 1. The lowest BCUT2D eigenvalue weighted by Crippen LogP contribution is -2.16. The van der Waals surface area contributed by atoms with E-state index in [1.807, 2.05) is 4.72 Å². The van der Waals surface area contributed by atoms with E-state index in [9.17, 15) is 17.6 Å². The molecule has 0 saturated heterocycles. The number of sulfonamides is 1. The molecule has 4 rings (SSSR count). The number of pyridine rings is 1. The Morgan fingerprint density at radius 2 is 1.97 bits per heavy atom. The number of aromatic amines is 1. The quantitative estimate of drug-likeness (QED) is 0.414. The number of rotatable bonds is 5. The Morgan fingerprint density at radius 1 is 1.23 bits per heavy atom. The molecule has 0 atom stereocenters. The number of benzene rings is 1. The van der Waals surface area contributed by atoms with Crippen molar-refractivity contribution in [3.63, 3.8) is 0 Å². The summed E-state index contributed by atoms with van der Waals surface area (Å²) in [5, 5.41) is 0.501. The molecule has 0 saturated carbocycles. The summed E-state index contributed by atoms with van der Waals surface area (Å²) in [6.45, 7) is 3.00. The van der Waals surface area contributed by atoms with Crippen molar-refractivity contribution in [2.24, 2.45) is 0 Å². The maximum Gasteiger partial charge on any atom is 0.265 e. The molecule has 0 bridgehead atoms. The molecule has 1 aromatic carbocycles. The zero-order valence-electron chi connectivity index (χ0n) is 16.1. The fourth-order valence-corrected chi connectivity index (χ4v) is 4.67. The van der Waals surface area contributed by atoms with Crippen LogP contribution in [0.25, 0.3) is 11.0 Å². The molecule has 0 amide bonds. The molecule has 0 unspecified atom stereocenters. The van der Waals surface area contributed by atoms with E-state index >= 15 is 4.39 Å². The lowest BCUT2D eigenvalue weighted by molar-refractivity contribution is 0.103. The van der Waals surface area contributed by atoms with Crippen molar-refractivity contribution in [2.75, 3.05) is 4.72 Å². The third kappa shape index (κ3) is 3.68. The highest BCUT2D eigenvalue weighted by Gasteiger charge is 2.27. The van der Waals surface area contributed by atoms with Gasteiger partial charge in [-0.05, 0) is 32.0 Å². The monoisotopic (exact) mass is 465 g/mol. The zero-order valence-corrected chi connectivity index (χ0v) is 17.7. The minimum absolute atomic E-state index is 0.0656. The van der Waals surface area contributed by atoms with Crippen molar-refractivity contribution < 1.29 is 26.4 Å². The molecule has 2 N–H and O–H groups in total. The number of aromatic nitrogens is 2. The van der Waals surface area contributed by atoms with Gasteiger partial charge in [-0.3, -0.25) is 9.52 Å². The molecule has 3 heterocycles. The number of hydrogen-bond donors (Lipinski definition) is 2. The van der Waals surface area contributed by atoms with Gasteiger partial charge in [0.1, 0.15) is 27.9 Å². The molecule has 0 aliphatic carbocycles. The first-order chi connectivity index (χ1) is 14.6. The van der Waals surface area contributed by atoms with Crippen LogP contribution in [0.5, 0.6) is 0 Å². The predicted molar refractivity (Wildman–Crippen MR) is 110 cm³/mol. The largest absolute Gasteiger partial charge is 0.465 e. The molecule has 0 aliphatic heterocycles. The van der Waals surface area contributed by atoms with Crippen LogP contribution in [-0.4, -0.2) is 24.2 Å². The van der Waals surface area contributed by atoms with Crippen LogP contribution in [0, 0.1) is 25.5 Å². The van der Waals surface area contributed by atoms with E-state index in [1.54, 1.807) is 6.92 Å². The lowest BCUT2D eigenvalue weighted by atomic mass is 10.0. The Morgan fingerprint density at radius 3 is 2.65 bits per heavy atom. The number of carbonyl (C=O) groups excluding carboxylic acids is 1. The van der Waals surface area contributed by atoms with Crippen LogP contribution >= 0.6 is 11.6 Å². The fraction of sp³-hybridized carbons (Fsp3) is 0.100. The Bertz CT molecular complexity index is 1460. The number of furan rings is 1. The van der Waals surface area contributed by atoms with Gasteiger partial charge in [-0.1, -0.05) is 11.6 Å². The van der Waals surface area contributed by atoms with Crippen molar-refractivity contribution in [1.29, 1.82) is 0 Å². The minimum atomic E-state index is -4.25. The Balaban J connectivity index is 1.78. The average Bonchev–Trinajstić information content (AvgIpc) is 3.26. The van der Waals surface area contributed by atoms with Gasteiger partial charge < -0.3 is 9.40 Å². The summed E-state index contributed by atoms with van der Waals surface area (Å²) in [7, 11) is -4.25. The van der Waals surface area contributed by atoms with Gasteiger partial charge in [0, 0.05) is 29.4 Å². The maximum absolute atomic E-state index is 15.1. The van der Waals surface area contributed by atoms with Crippen molar-refractivity contribution in [1.82, 2.24) is 9.97 Å². The molecule has 11 heteroatoms. The first kappa shape index (κ1) is 21.0. The highest BCUT2D eigenvalue weighted by atomic mass is 35.5. The lowest BCUT2D eigenvalue weighted by Gasteiger charge is -2.11. The first-order valence-electron chi connectivity index (χ1n) is 8.83. The highest BCUT2D eigenvalue weighted by Crippen LogP contribution is 2.30. The van der Waals surface area contributed by atoms with E-state index < -0.39 is 38.7 Å². The van der Waals surface area contributed by atoms with Crippen LogP contribution in [0.4, 0.5) is 14.5 Å². The van der Waals surface area contributed by atoms with Crippen LogP contribution < -0.4 is 4.72 Å². The number of anilines is 1. The van der Waals surface area contributed by atoms with Gasteiger partial charge in [0.2, 0.25) is 5.78 Å².